The molecule has 0 spiro atoms. The van der Waals surface area contributed by atoms with E-state index in [0.717, 1.165) is 27.9 Å². The molecule has 41 heavy (non-hydrogen) atoms. The van der Waals surface area contributed by atoms with Gasteiger partial charge in [0.25, 0.3) is 5.91 Å². The van der Waals surface area contributed by atoms with Gasteiger partial charge in [-0.05, 0) is 85.0 Å². The topological polar surface area (TPSA) is 78.9 Å². The molecule has 1 heterocycles. The number of benzene rings is 4. The molecule has 6 heteroatoms. The lowest BCUT2D eigenvalue weighted by Gasteiger charge is -2.51. The van der Waals surface area contributed by atoms with Crippen molar-refractivity contribution in [3.8, 4) is 16.9 Å². The second-order valence-electron chi connectivity index (χ2n) is 11.4. The highest BCUT2D eigenvalue weighted by Crippen LogP contribution is 2.51. The summed E-state index contributed by atoms with van der Waals surface area (Å²) >= 11 is 0. The molecule has 1 atom stereocenters. The molecule has 0 fully saturated rings. The number of hydrogen-bond acceptors (Lipinski definition) is 4. The molecule has 4 aromatic carbocycles. The molecular weight excluding hydrogens is 512 g/mol. The van der Waals surface area contributed by atoms with Gasteiger partial charge in [-0.3, -0.25) is 9.59 Å². The first-order chi connectivity index (χ1) is 19.6. The third kappa shape index (κ3) is 5.61. The zero-order valence-electron chi connectivity index (χ0n) is 24.0. The maximum absolute atomic E-state index is 13.3. The van der Waals surface area contributed by atoms with Crippen LogP contribution in [0.2, 0.25) is 0 Å². The van der Waals surface area contributed by atoms with Gasteiger partial charge in [-0.1, -0.05) is 61.5 Å². The molecule has 1 aliphatic heterocycles. The first-order valence-corrected chi connectivity index (χ1v) is 13.9. The Morgan fingerprint density at radius 3 is 2.17 bits per heavy atom. The summed E-state index contributed by atoms with van der Waals surface area (Å²) in [6.45, 7) is 8.14. The highest BCUT2D eigenvalue weighted by molar-refractivity contribution is 6.05. The highest BCUT2D eigenvalue weighted by atomic mass is 16.5. The van der Waals surface area contributed by atoms with Crippen molar-refractivity contribution in [2.45, 2.75) is 45.1 Å². The first-order valence-electron chi connectivity index (χ1n) is 13.9. The fourth-order valence-corrected chi connectivity index (χ4v) is 6.20. The van der Waals surface area contributed by atoms with E-state index < -0.39 is 11.0 Å². The van der Waals surface area contributed by atoms with Crippen molar-refractivity contribution in [1.82, 2.24) is 0 Å². The van der Waals surface area contributed by atoms with Gasteiger partial charge >= 0.3 is 0 Å². The standard InChI is InChI=1S/C35H36N2O4/c1-24(39)37-32-19-16-29(36-33(40)27-12-10-26(11-13-27)25-8-6-5-7-9-25)22-31(32)35(4,23-34(37,2)3)28-14-17-30(18-15-28)41-21-20-38/h5-19,22,38H,20-21,23H2,1-4H3,(H,36,40). The van der Waals surface area contributed by atoms with E-state index in [1.165, 1.54) is 0 Å². The SMILES string of the molecule is CC(=O)N1c2ccc(NC(=O)c3ccc(-c4ccccc4)cc3)cc2C(C)(c2ccc(OCCO)cc2)CC1(C)C. The second kappa shape index (κ2) is 11.2. The van der Waals surface area contributed by atoms with E-state index in [9.17, 15) is 9.59 Å². The van der Waals surface area contributed by atoms with Crippen molar-refractivity contribution in [2.75, 3.05) is 23.4 Å². The Morgan fingerprint density at radius 1 is 0.878 bits per heavy atom. The third-order valence-electron chi connectivity index (χ3n) is 7.90. The fraction of sp³-hybridized carbons (Fsp3) is 0.257. The summed E-state index contributed by atoms with van der Waals surface area (Å²) in [4.78, 5) is 28.0. The zero-order chi connectivity index (χ0) is 29.2. The Hall–Kier alpha value is -4.42. The van der Waals surface area contributed by atoms with Crippen LogP contribution in [0.15, 0.2) is 97.1 Å². The molecule has 4 aromatic rings. The van der Waals surface area contributed by atoms with Gasteiger partial charge in [-0.15, -0.1) is 0 Å². The van der Waals surface area contributed by atoms with Crippen LogP contribution >= 0.6 is 0 Å². The molecule has 0 aliphatic carbocycles. The molecule has 0 bridgehead atoms. The molecule has 1 aliphatic rings. The van der Waals surface area contributed by atoms with Gasteiger partial charge < -0.3 is 20.1 Å². The Balaban J connectivity index is 1.48. The monoisotopic (exact) mass is 548 g/mol. The lowest BCUT2D eigenvalue weighted by Crippen LogP contribution is -2.55. The van der Waals surface area contributed by atoms with Gasteiger partial charge in [0.2, 0.25) is 5.91 Å². The van der Waals surface area contributed by atoms with Gasteiger partial charge in [0.1, 0.15) is 12.4 Å². The average Bonchev–Trinajstić information content (AvgIpc) is 2.96. The molecule has 0 saturated heterocycles. The van der Waals surface area contributed by atoms with E-state index in [2.05, 4.69) is 26.1 Å². The van der Waals surface area contributed by atoms with Gasteiger partial charge in [-0.2, -0.15) is 0 Å². The van der Waals surface area contributed by atoms with Gasteiger partial charge in [0.05, 0.1) is 6.61 Å². The predicted molar refractivity (Wildman–Crippen MR) is 164 cm³/mol. The van der Waals surface area contributed by atoms with E-state index in [1.54, 1.807) is 6.92 Å². The molecular formula is C35H36N2O4. The summed E-state index contributed by atoms with van der Waals surface area (Å²) in [6, 6.07) is 31.3. The molecule has 2 amide bonds. The minimum Gasteiger partial charge on any atom is -0.491 e. The normalized spacial score (nSPS) is 17.4. The van der Waals surface area contributed by atoms with Crippen LogP contribution in [0.3, 0.4) is 0 Å². The number of nitrogens with one attached hydrogen (secondary N) is 1. The number of ether oxygens (including phenoxy) is 1. The number of amides is 2. The largest absolute Gasteiger partial charge is 0.491 e. The van der Waals surface area contributed by atoms with Crippen LogP contribution < -0.4 is 15.0 Å². The summed E-state index contributed by atoms with van der Waals surface area (Å²) < 4.78 is 5.58. The van der Waals surface area contributed by atoms with Crippen LogP contribution in [0.4, 0.5) is 11.4 Å². The van der Waals surface area contributed by atoms with Crippen molar-refractivity contribution in [1.29, 1.82) is 0 Å². The van der Waals surface area contributed by atoms with E-state index in [4.69, 9.17) is 9.84 Å². The third-order valence-corrected chi connectivity index (χ3v) is 7.90. The van der Waals surface area contributed by atoms with Crippen molar-refractivity contribution >= 4 is 23.2 Å². The molecule has 1 unspecified atom stereocenters. The Labute approximate surface area is 241 Å². The van der Waals surface area contributed by atoms with Crippen LogP contribution in [0, 0.1) is 0 Å². The summed E-state index contributed by atoms with van der Waals surface area (Å²) in [5, 5.41) is 12.2. The number of rotatable bonds is 7. The van der Waals surface area contributed by atoms with Crippen molar-refractivity contribution in [3.63, 3.8) is 0 Å². The molecule has 5 rings (SSSR count). The van der Waals surface area contributed by atoms with E-state index in [1.807, 2.05) is 102 Å². The lowest BCUT2D eigenvalue weighted by molar-refractivity contribution is -0.117. The zero-order valence-corrected chi connectivity index (χ0v) is 24.0. The van der Waals surface area contributed by atoms with E-state index in [0.29, 0.717) is 23.4 Å². The number of hydrogen-bond donors (Lipinski definition) is 2. The maximum Gasteiger partial charge on any atom is 0.255 e. The van der Waals surface area contributed by atoms with Crippen LogP contribution in [0.1, 0.15) is 55.6 Å². The first kappa shape index (κ1) is 28.1. The summed E-state index contributed by atoms with van der Waals surface area (Å²) in [7, 11) is 0. The highest BCUT2D eigenvalue weighted by Gasteiger charge is 2.47. The number of aliphatic hydroxyl groups excluding tert-OH is 1. The van der Waals surface area contributed by atoms with Gasteiger partial charge in [0.15, 0.2) is 0 Å². The van der Waals surface area contributed by atoms with Crippen LogP contribution in [-0.4, -0.2) is 35.7 Å². The van der Waals surface area contributed by atoms with Crippen LogP contribution in [-0.2, 0) is 10.2 Å². The smallest absolute Gasteiger partial charge is 0.255 e. The van der Waals surface area contributed by atoms with Crippen molar-refractivity contribution < 1.29 is 19.4 Å². The Morgan fingerprint density at radius 2 is 1.54 bits per heavy atom. The fourth-order valence-electron chi connectivity index (χ4n) is 6.20. The molecule has 0 saturated carbocycles. The molecule has 6 nitrogen and oxygen atoms in total. The summed E-state index contributed by atoms with van der Waals surface area (Å²) in [6.07, 6.45) is 0.682. The number of anilines is 2. The summed E-state index contributed by atoms with van der Waals surface area (Å²) in [5.41, 5.74) is 5.37. The van der Waals surface area contributed by atoms with Crippen LogP contribution in [0.25, 0.3) is 11.1 Å². The molecule has 210 valence electrons. The van der Waals surface area contributed by atoms with E-state index in [-0.39, 0.29) is 25.0 Å². The Bertz CT molecular complexity index is 1550. The number of nitrogens with zero attached hydrogens (tertiary/aromatic N) is 1. The average molecular weight is 549 g/mol. The number of fused-ring (bicyclic) bond motifs is 1. The quantitative estimate of drug-likeness (QED) is 0.266. The minimum atomic E-state index is -0.446. The minimum absolute atomic E-state index is 0.0265. The van der Waals surface area contributed by atoms with E-state index >= 15 is 0 Å². The number of carbonyl (C=O) groups excluding carboxylic acids is 2. The molecule has 0 radical (unpaired) electrons. The number of aliphatic hydroxyl groups is 1. The van der Waals surface area contributed by atoms with Gasteiger partial charge in [0, 0.05) is 34.8 Å². The maximum atomic E-state index is 13.3. The predicted octanol–water partition coefficient (Wildman–Crippen LogP) is 6.82. The van der Waals surface area contributed by atoms with Crippen molar-refractivity contribution in [3.05, 3.63) is 114 Å². The Kier molecular flexibility index (Phi) is 7.70. The summed E-state index contributed by atoms with van der Waals surface area (Å²) in [5.74, 6) is 0.462. The lowest BCUT2D eigenvalue weighted by atomic mass is 9.65. The molecule has 0 aromatic heterocycles. The van der Waals surface area contributed by atoms with Crippen LogP contribution in [0.5, 0.6) is 5.75 Å². The second-order valence-corrected chi connectivity index (χ2v) is 11.4. The number of carbonyl (C=O) groups is 2. The molecule has 2 N–H and O–H groups in total. The van der Waals surface area contributed by atoms with Gasteiger partial charge in [-0.25, -0.2) is 0 Å². The van der Waals surface area contributed by atoms with Crippen molar-refractivity contribution in [2.24, 2.45) is 0 Å².